The van der Waals surface area contributed by atoms with E-state index < -0.39 is 92.9 Å². The highest BCUT2D eigenvalue weighted by atomic mass is 19.2. The van der Waals surface area contributed by atoms with Crippen molar-refractivity contribution in [3.8, 4) is 22.5 Å². The lowest BCUT2D eigenvalue weighted by molar-refractivity contribution is 0.282. The first-order valence-electron chi connectivity index (χ1n) is 7.66. The Kier molecular flexibility index (Phi) is 5.46. The molecule has 0 amide bonds. The van der Waals surface area contributed by atoms with E-state index in [1.807, 2.05) is 0 Å². The lowest BCUT2D eigenvalue weighted by Gasteiger charge is -2.13. The zero-order valence-corrected chi connectivity index (χ0v) is 14.0. The number of rotatable bonds is 3. The van der Waals surface area contributed by atoms with Gasteiger partial charge in [-0.05, 0) is 17.7 Å². The molecule has 0 bridgehead atoms. The number of pyridine rings is 1. The van der Waals surface area contributed by atoms with Gasteiger partial charge in [-0.3, -0.25) is 0 Å². The number of benzene rings is 2. The fourth-order valence-electron chi connectivity index (χ4n) is 2.59. The SMILES string of the molecule is OCc1cc(-c2c(F)c(F)c(F)c(F)c2F)nc(-c2c(F)c(F)c(F)c(F)c2F)c1. The highest BCUT2D eigenvalue weighted by Crippen LogP contribution is 2.35. The third kappa shape index (κ3) is 3.16. The van der Waals surface area contributed by atoms with E-state index in [-0.39, 0.29) is 0 Å². The Balaban J connectivity index is 2.40. The highest BCUT2D eigenvalue weighted by Gasteiger charge is 2.30. The number of hydrogen-bond acceptors (Lipinski definition) is 2. The summed E-state index contributed by atoms with van der Waals surface area (Å²) < 4.78 is 137. The molecule has 3 aromatic rings. The molecule has 0 aliphatic rings. The molecule has 3 rings (SSSR count). The van der Waals surface area contributed by atoms with Crippen LogP contribution in [0, 0.1) is 58.2 Å². The summed E-state index contributed by atoms with van der Waals surface area (Å²) in [7, 11) is 0. The standard InChI is InChI=1S/C18H5F10NO/c19-9-7(10(20)14(24)17(27)13(9)23)5-1-4(3-30)2-6(29-5)8-11(21)15(25)18(28)16(26)12(8)22/h1-2,30H,3H2. The molecular formula is C18H5F10NO. The summed E-state index contributed by atoms with van der Waals surface area (Å²) in [5.41, 5.74) is -5.94. The van der Waals surface area contributed by atoms with Gasteiger partial charge in [0.05, 0.1) is 29.1 Å². The van der Waals surface area contributed by atoms with Crippen LogP contribution in [-0.2, 0) is 6.61 Å². The van der Waals surface area contributed by atoms with E-state index in [1.54, 1.807) is 0 Å². The van der Waals surface area contributed by atoms with Crippen molar-refractivity contribution in [2.45, 2.75) is 6.61 Å². The minimum Gasteiger partial charge on any atom is -0.392 e. The van der Waals surface area contributed by atoms with E-state index >= 15 is 0 Å². The van der Waals surface area contributed by atoms with Crippen molar-refractivity contribution in [3.05, 3.63) is 75.9 Å². The molecule has 0 radical (unpaired) electrons. The second kappa shape index (κ2) is 7.59. The quantitative estimate of drug-likeness (QED) is 0.340. The van der Waals surface area contributed by atoms with Gasteiger partial charge < -0.3 is 5.11 Å². The van der Waals surface area contributed by atoms with Crippen LogP contribution in [-0.4, -0.2) is 10.1 Å². The maximum absolute atomic E-state index is 14.1. The molecule has 0 atom stereocenters. The number of aromatic nitrogens is 1. The fourth-order valence-corrected chi connectivity index (χ4v) is 2.59. The molecule has 12 heteroatoms. The molecule has 1 heterocycles. The van der Waals surface area contributed by atoms with Gasteiger partial charge in [-0.2, -0.15) is 0 Å². The number of halogens is 10. The molecule has 2 aromatic carbocycles. The molecule has 0 fully saturated rings. The Morgan fingerprint density at radius 1 is 0.500 bits per heavy atom. The second-order valence-corrected chi connectivity index (χ2v) is 5.79. The Morgan fingerprint density at radius 2 is 0.767 bits per heavy atom. The van der Waals surface area contributed by atoms with Crippen LogP contribution in [0.2, 0.25) is 0 Å². The minimum atomic E-state index is -2.49. The molecule has 0 saturated carbocycles. The number of hydrogen-bond donors (Lipinski definition) is 1. The van der Waals surface area contributed by atoms with Crippen LogP contribution in [0.3, 0.4) is 0 Å². The summed E-state index contributed by atoms with van der Waals surface area (Å²) in [6, 6.07) is 1.21. The molecule has 158 valence electrons. The Morgan fingerprint density at radius 3 is 1.03 bits per heavy atom. The first-order chi connectivity index (χ1) is 14.0. The predicted molar refractivity (Wildman–Crippen MR) is 80.6 cm³/mol. The van der Waals surface area contributed by atoms with Gasteiger partial charge in [0, 0.05) is 0 Å². The Labute approximate surface area is 160 Å². The lowest BCUT2D eigenvalue weighted by Crippen LogP contribution is -2.08. The third-order valence-electron chi connectivity index (χ3n) is 4.00. The van der Waals surface area contributed by atoms with Crippen LogP contribution in [0.4, 0.5) is 43.9 Å². The molecule has 2 nitrogen and oxygen atoms in total. The summed E-state index contributed by atoms with van der Waals surface area (Å²) in [4.78, 5) is 3.31. The zero-order valence-electron chi connectivity index (χ0n) is 14.0. The van der Waals surface area contributed by atoms with E-state index in [2.05, 4.69) is 4.98 Å². The maximum atomic E-state index is 14.1. The van der Waals surface area contributed by atoms with Crippen molar-refractivity contribution in [2.24, 2.45) is 0 Å². The first-order valence-corrected chi connectivity index (χ1v) is 7.66. The van der Waals surface area contributed by atoms with Crippen LogP contribution in [0.1, 0.15) is 5.56 Å². The summed E-state index contributed by atoms with van der Waals surface area (Å²) in [5.74, 6) is -23.9. The number of nitrogens with zero attached hydrogens (tertiary/aromatic N) is 1. The van der Waals surface area contributed by atoms with Crippen molar-refractivity contribution in [3.63, 3.8) is 0 Å². The smallest absolute Gasteiger partial charge is 0.200 e. The van der Waals surface area contributed by atoms with Crippen molar-refractivity contribution in [1.82, 2.24) is 4.98 Å². The molecular weight excluding hydrogens is 436 g/mol. The largest absolute Gasteiger partial charge is 0.392 e. The predicted octanol–water partition coefficient (Wildman–Crippen LogP) is 5.30. The normalized spacial score (nSPS) is 11.3. The van der Waals surface area contributed by atoms with Crippen LogP contribution >= 0.6 is 0 Å². The zero-order chi connectivity index (χ0) is 22.5. The molecule has 1 N–H and O–H groups in total. The first kappa shape index (κ1) is 21.6. The minimum absolute atomic E-state index is 0.442. The van der Waals surface area contributed by atoms with E-state index in [1.165, 1.54) is 0 Å². The van der Waals surface area contributed by atoms with Gasteiger partial charge in [0.2, 0.25) is 11.6 Å². The molecule has 0 spiro atoms. The Bertz CT molecular complexity index is 1050. The fraction of sp³-hybridized carbons (Fsp3) is 0.0556. The third-order valence-corrected chi connectivity index (χ3v) is 4.00. The van der Waals surface area contributed by atoms with E-state index in [9.17, 15) is 49.0 Å². The van der Waals surface area contributed by atoms with Gasteiger partial charge in [-0.25, -0.2) is 48.9 Å². The van der Waals surface area contributed by atoms with Crippen LogP contribution in [0.5, 0.6) is 0 Å². The van der Waals surface area contributed by atoms with Gasteiger partial charge >= 0.3 is 0 Å². The van der Waals surface area contributed by atoms with Crippen molar-refractivity contribution in [1.29, 1.82) is 0 Å². The van der Waals surface area contributed by atoms with Gasteiger partial charge in [0.1, 0.15) is 0 Å². The van der Waals surface area contributed by atoms with Crippen LogP contribution in [0.15, 0.2) is 12.1 Å². The average Bonchev–Trinajstić information content (AvgIpc) is 2.73. The molecule has 0 aliphatic heterocycles. The number of aliphatic hydroxyl groups excluding tert-OH is 1. The lowest BCUT2D eigenvalue weighted by atomic mass is 10.0. The van der Waals surface area contributed by atoms with Gasteiger partial charge in [0.15, 0.2) is 46.5 Å². The highest BCUT2D eigenvalue weighted by molar-refractivity contribution is 5.69. The summed E-state index contributed by atoms with van der Waals surface area (Å²) in [6.07, 6.45) is 0. The van der Waals surface area contributed by atoms with Gasteiger partial charge in [-0.1, -0.05) is 0 Å². The molecule has 1 aromatic heterocycles. The summed E-state index contributed by atoms with van der Waals surface area (Å²) in [5, 5.41) is 9.25. The van der Waals surface area contributed by atoms with Crippen molar-refractivity contribution in [2.75, 3.05) is 0 Å². The van der Waals surface area contributed by atoms with Crippen molar-refractivity contribution >= 4 is 0 Å². The summed E-state index contributed by atoms with van der Waals surface area (Å²) >= 11 is 0. The molecule has 0 aliphatic carbocycles. The summed E-state index contributed by atoms with van der Waals surface area (Å²) in [6.45, 7) is -1.01. The Hall–Kier alpha value is -3.15. The average molecular weight is 441 g/mol. The topological polar surface area (TPSA) is 33.1 Å². The number of aliphatic hydroxyl groups is 1. The van der Waals surface area contributed by atoms with E-state index in [0.717, 1.165) is 0 Å². The van der Waals surface area contributed by atoms with Crippen LogP contribution in [0.25, 0.3) is 22.5 Å². The van der Waals surface area contributed by atoms with Crippen molar-refractivity contribution < 1.29 is 49.0 Å². The van der Waals surface area contributed by atoms with Crippen LogP contribution < -0.4 is 0 Å². The monoisotopic (exact) mass is 441 g/mol. The van der Waals surface area contributed by atoms with E-state index in [4.69, 9.17) is 0 Å². The maximum Gasteiger partial charge on any atom is 0.200 e. The molecule has 30 heavy (non-hydrogen) atoms. The van der Waals surface area contributed by atoms with Gasteiger partial charge in [-0.15, -0.1) is 0 Å². The molecule has 0 unspecified atom stereocenters. The van der Waals surface area contributed by atoms with E-state index in [0.29, 0.717) is 12.1 Å². The second-order valence-electron chi connectivity index (χ2n) is 5.79. The van der Waals surface area contributed by atoms with Gasteiger partial charge in [0.25, 0.3) is 0 Å². The molecule has 0 saturated heterocycles.